The number of ether oxygens (including phenoxy) is 2. The quantitative estimate of drug-likeness (QED) is 0.876. The van der Waals surface area contributed by atoms with Crippen LogP contribution in [0.15, 0.2) is 53.1 Å². The van der Waals surface area contributed by atoms with Crippen LogP contribution in [0, 0.1) is 50.2 Å². The monoisotopic (exact) mass is 358 g/mol. The van der Waals surface area contributed by atoms with E-state index in [9.17, 15) is 15.8 Å². The van der Waals surface area contributed by atoms with Gasteiger partial charge in [0.1, 0.15) is 5.76 Å². The zero-order valence-corrected chi connectivity index (χ0v) is 14.3. The van der Waals surface area contributed by atoms with Crippen molar-refractivity contribution in [3.8, 4) is 18.2 Å². The van der Waals surface area contributed by atoms with Gasteiger partial charge in [-0.15, -0.1) is 0 Å². The molecule has 1 aromatic heterocycles. The molecule has 3 heterocycles. The van der Waals surface area contributed by atoms with E-state index in [4.69, 9.17) is 19.3 Å². The van der Waals surface area contributed by atoms with Gasteiger partial charge in [0.2, 0.25) is 17.1 Å². The Balaban J connectivity index is 2.06. The molecule has 2 saturated heterocycles. The summed E-state index contributed by atoms with van der Waals surface area (Å²) in [6, 6.07) is 18.2. The average Bonchev–Trinajstić information content (AvgIpc) is 3.27. The third kappa shape index (κ3) is 1.83. The molecule has 4 atom stereocenters. The minimum absolute atomic E-state index is 0.230. The molecule has 2 aliphatic heterocycles. The smallest absolute Gasteiger partial charge is 0.219 e. The fourth-order valence-corrected chi connectivity index (χ4v) is 4.33. The molecule has 1 N–H and O–H groups in total. The number of nitriles is 3. The lowest BCUT2D eigenvalue weighted by Crippen LogP contribution is -2.57. The summed E-state index contributed by atoms with van der Waals surface area (Å²) in [6.07, 6.45) is 0.215. The zero-order chi connectivity index (χ0) is 19.3. The zero-order valence-electron chi connectivity index (χ0n) is 14.3. The maximum atomic E-state index is 10.2. The molecule has 0 amide bonds. The van der Waals surface area contributed by atoms with Gasteiger partial charge >= 0.3 is 0 Å². The molecule has 0 unspecified atom stereocenters. The van der Waals surface area contributed by atoms with Gasteiger partial charge in [-0.1, -0.05) is 30.3 Å². The summed E-state index contributed by atoms with van der Waals surface area (Å²) < 4.78 is 17.2. The number of hydrogen-bond acceptors (Lipinski definition) is 7. The third-order valence-electron chi connectivity index (χ3n) is 5.45. The van der Waals surface area contributed by atoms with Crippen molar-refractivity contribution in [1.82, 2.24) is 0 Å². The maximum absolute atomic E-state index is 10.2. The highest BCUT2D eigenvalue weighted by Crippen LogP contribution is 2.69. The number of furan rings is 1. The van der Waals surface area contributed by atoms with E-state index in [-0.39, 0.29) is 5.76 Å². The fraction of sp³-hybridized carbons (Fsp3) is 0.300. The highest BCUT2D eigenvalue weighted by molar-refractivity contribution is 5.90. The van der Waals surface area contributed by atoms with E-state index in [1.165, 1.54) is 6.26 Å². The van der Waals surface area contributed by atoms with Gasteiger partial charge in [-0.3, -0.25) is 5.41 Å². The molecule has 7 nitrogen and oxygen atoms in total. The van der Waals surface area contributed by atoms with E-state index in [1.54, 1.807) is 43.3 Å². The average molecular weight is 358 g/mol. The molecule has 2 fully saturated rings. The van der Waals surface area contributed by atoms with Crippen LogP contribution in [0.1, 0.15) is 30.3 Å². The van der Waals surface area contributed by atoms with Crippen LogP contribution in [0.25, 0.3) is 0 Å². The number of nitrogens with one attached hydrogen (secondary N) is 1. The largest absolute Gasteiger partial charge is 0.466 e. The number of hydrogen-bond donors (Lipinski definition) is 1. The second-order valence-corrected chi connectivity index (χ2v) is 6.76. The standard InChI is InChI=1S/C20H14N4O3/c1-18-15(13-6-3-2-4-7-13)20(12-23,17(24)27-18)19(10-21,11-22)16(26-18)14-8-5-9-25-14/h2-9,15-16,24H,1H3/t15-,16-,18-,20-/m0/s1. The molecular formula is C20H14N4O3. The van der Waals surface area contributed by atoms with Crippen LogP contribution >= 0.6 is 0 Å². The van der Waals surface area contributed by atoms with Gasteiger partial charge in [-0.25, -0.2) is 0 Å². The Morgan fingerprint density at radius 2 is 1.70 bits per heavy atom. The first-order chi connectivity index (χ1) is 13.0. The van der Waals surface area contributed by atoms with Crippen LogP contribution in [0.3, 0.4) is 0 Å². The fourth-order valence-electron chi connectivity index (χ4n) is 4.33. The van der Waals surface area contributed by atoms with Crippen LogP contribution < -0.4 is 0 Å². The Kier molecular flexibility index (Phi) is 3.40. The second-order valence-electron chi connectivity index (χ2n) is 6.76. The predicted octanol–water partition coefficient (Wildman–Crippen LogP) is 3.40. The number of rotatable bonds is 2. The van der Waals surface area contributed by atoms with Crippen LogP contribution in [0.2, 0.25) is 0 Å². The van der Waals surface area contributed by atoms with Crippen molar-refractivity contribution in [2.24, 2.45) is 10.8 Å². The molecular weight excluding hydrogens is 344 g/mol. The summed E-state index contributed by atoms with van der Waals surface area (Å²) in [7, 11) is 0. The summed E-state index contributed by atoms with van der Waals surface area (Å²) in [5, 5.41) is 38.9. The van der Waals surface area contributed by atoms with Gasteiger partial charge in [0.05, 0.1) is 30.4 Å². The van der Waals surface area contributed by atoms with Gasteiger partial charge in [-0.05, 0) is 17.7 Å². The lowest BCUT2D eigenvalue weighted by molar-refractivity contribution is -0.257. The number of benzene rings is 1. The molecule has 2 bridgehead atoms. The third-order valence-corrected chi connectivity index (χ3v) is 5.45. The van der Waals surface area contributed by atoms with E-state index in [1.807, 2.05) is 18.2 Å². The first-order valence-corrected chi connectivity index (χ1v) is 8.27. The van der Waals surface area contributed by atoms with Crippen LogP contribution in [-0.4, -0.2) is 11.7 Å². The lowest BCUT2D eigenvalue weighted by atomic mass is 9.53. The van der Waals surface area contributed by atoms with E-state index in [0.29, 0.717) is 5.56 Å². The summed E-state index contributed by atoms with van der Waals surface area (Å²) in [6.45, 7) is 1.62. The molecule has 0 spiro atoms. The first kappa shape index (κ1) is 16.8. The highest BCUT2D eigenvalue weighted by Gasteiger charge is 2.80. The topological polar surface area (TPSA) is 127 Å². The van der Waals surface area contributed by atoms with Gasteiger partial charge in [0.15, 0.2) is 11.5 Å². The Labute approximate surface area is 155 Å². The molecule has 132 valence electrons. The van der Waals surface area contributed by atoms with Crippen molar-refractivity contribution < 1.29 is 13.9 Å². The Morgan fingerprint density at radius 3 is 2.26 bits per heavy atom. The van der Waals surface area contributed by atoms with E-state index < -0.39 is 34.5 Å². The predicted molar refractivity (Wildman–Crippen MR) is 90.6 cm³/mol. The number of nitrogens with zero attached hydrogens (tertiary/aromatic N) is 3. The van der Waals surface area contributed by atoms with Crippen LogP contribution in [0.5, 0.6) is 0 Å². The van der Waals surface area contributed by atoms with Gasteiger partial charge in [0, 0.05) is 6.92 Å². The summed E-state index contributed by atoms with van der Waals surface area (Å²) >= 11 is 0. The molecule has 27 heavy (non-hydrogen) atoms. The molecule has 0 radical (unpaired) electrons. The normalized spacial score (nSPS) is 33.3. The van der Waals surface area contributed by atoms with E-state index in [0.717, 1.165) is 0 Å². The molecule has 0 aliphatic carbocycles. The maximum Gasteiger partial charge on any atom is 0.219 e. The van der Waals surface area contributed by atoms with Crippen molar-refractivity contribution in [3.05, 3.63) is 60.1 Å². The van der Waals surface area contributed by atoms with Crippen molar-refractivity contribution in [3.63, 3.8) is 0 Å². The van der Waals surface area contributed by atoms with Crippen molar-refractivity contribution in [2.75, 3.05) is 0 Å². The van der Waals surface area contributed by atoms with Gasteiger partial charge in [0.25, 0.3) is 0 Å². The summed E-state index contributed by atoms with van der Waals surface area (Å²) in [5.74, 6) is -2.47. The summed E-state index contributed by atoms with van der Waals surface area (Å²) in [5.41, 5.74) is -3.24. The summed E-state index contributed by atoms with van der Waals surface area (Å²) in [4.78, 5) is 0. The Morgan fingerprint density at radius 1 is 1.00 bits per heavy atom. The van der Waals surface area contributed by atoms with Gasteiger partial charge < -0.3 is 13.9 Å². The van der Waals surface area contributed by atoms with Gasteiger partial charge in [-0.2, -0.15) is 15.8 Å². The highest BCUT2D eigenvalue weighted by atomic mass is 16.7. The minimum atomic E-state index is -2.03. The Bertz CT molecular complexity index is 1010. The van der Waals surface area contributed by atoms with Crippen LogP contribution in [-0.2, 0) is 9.47 Å². The van der Waals surface area contributed by atoms with Crippen molar-refractivity contribution >= 4 is 5.90 Å². The van der Waals surface area contributed by atoms with E-state index in [2.05, 4.69) is 6.07 Å². The van der Waals surface area contributed by atoms with Crippen LogP contribution in [0.4, 0.5) is 0 Å². The van der Waals surface area contributed by atoms with Crippen molar-refractivity contribution in [2.45, 2.75) is 24.7 Å². The minimum Gasteiger partial charge on any atom is -0.466 e. The van der Waals surface area contributed by atoms with E-state index >= 15 is 0 Å². The molecule has 0 saturated carbocycles. The second kappa shape index (κ2) is 5.45. The molecule has 2 aromatic rings. The first-order valence-electron chi connectivity index (χ1n) is 8.27. The molecule has 7 heteroatoms. The lowest BCUT2D eigenvalue weighted by Gasteiger charge is -2.48. The SMILES string of the molecule is C[C@]12OC(=N)[C@](C#N)([C@H]1c1ccccc1)C(C#N)(C#N)[C@H](c1ccco1)O2. The molecule has 2 aliphatic rings. The Hall–Kier alpha value is -3.60. The van der Waals surface area contributed by atoms with Crippen molar-refractivity contribution in [1.29, 1.82) is 21.2 Å². The molecule has 1 aromatic carbocycles. The molecule has 4 rings (SSSR count). The number of fused-ring (bicyclic) bond motifs is 2.